The molecule has 1 atom stereocenters. The Kier molecular flexibility index (Phi) is 4.86. The fraction of sp³-hybridized carbons (Fsp3) is 0.217. The summed E-state index contributed by atoms with van der Waals surface area (Å²) in [5, 5.41) is 3.10. The molecule has 0 radical (unpaired) electrons. The molecule has 0 aliphatic heterocycles. The van der Waals surface area contributed by atoms with Gasteiger partial charge >= 0.3 is 6.18 Å². The molecule has 1 aliphatic carbocycles. The SMILES string of the molecule is O=C(NC1(c2ccc(C(F)(F)F)cc2)CCCc2cccnc21)c1ccccc1. The number of pyridine rings is 1. The number of rotatable bonds is 3. The van der Waals surface area contributed by atoms with Gasteiger partial charge in [-0.15, -0.1) is 0 Å². The van der Waals surface area contributed by atoms with Crippen LogP contribution in [0.5, 0.6) is 0 Å². The van der Waals surface area contributed by atoms with Crippen molar-refractivity contribution in [1.29, 1.82) is 0 Å². The van der Waals surface area contributed by atoms with Crippen LogP contribution >= 0.6 is 0 Å². The van der Waals surface area contributed by atoms with E-state index >= 15 is 0 Å². The van der Waals surface area contributed by atoms with Crippen LogP contribution in [-0.4, -0.2) is 10.9 Å². The number of amides is 1. The number of carbonyl (C=O) groups is 1. The molecule has 1 N–H and O–H groups in total. The first kappa shape index (κ1) is 19.2. The largest absolute Gasteiger partial charge is 0.416 e. The van der Waals surface area contributed by atoms with E-state index in [1.54, 1.807) is 30.5 Å². The van der Waals surface area contributed by atoms with E-state index in [-0.39, 0.29) is 5.91 Å². The standard InChI is InChI=1S/C23H19F3N2O/c24-23(25,26)19-12-10-18(11-13-19)22(28-21(29)17-6-2-1-3-7-17)14-4-8-16-9-5-15-27-20(16)22/h1-3,5-7,9-13,15H,4,8,14H2,(H,28,29). The third-order valence-corrected chi connectivity index (χ3v) is 5.36. The Morgan fingerprint density at radius 3 is 2.38 bits per heavy atom. The summed E-state index contributed by atoms with van der Waals surface area (Å²) >= 11 is 0. The van der Waals surface area contributed by atoms with Crippen molar-refractivity contribution < 1.29 is 18.0 Å². The smallest absolute Gasteiger partial charge is 0.337 e. The molecule has 1 unspecified atom stereocenters. The van der Waals surface area contributed by atoms with Gasteiger partial charge in [-0.25, -0.2) is 0 Å². The van der Waals surface area contributed by atoms with Gasteiger partial charge in [-0.05, 0) is 60.7 Å². The van der Waals surface area contributed by atoms with Gasteiger partial charge in [-0.3, -0.25) is 9.78 Å². The van der Waals surface area contributed by atoms with Crippen molar-refractivity contribution in [1.82, 2.24) is 10.3 Å². The van der Waals surface area contributed by atoms with Crippen molar-refractivity contribution in [3.63, 3.8) is 0 Å². The van der Waals surface area contributed by atoms with Gasteiger partial charge < -0.3 is 5.32 Å². The average Bonchev–Trinajstić information content (AvgIpc) is 2.74. The van der Waals surface area contributed by atoms with Crippen LogP contribution in [0.15, 0.2) is 72.9 Å². The molecular formula is C23H19F3N2O. The first-order valence-electron chi connectivity index (χ1n) is 9.40. The van der Waals surface area contributed by atoms with Gasteiger partial charge in [0.15, 0.2) is 0 Å². The molecule has 3 aromatic rings. The molecule has 2 aromatic carbocycles. The summed E-state index contributed by atoms with van der Waals surface area (Å²) in [6, 6.07) is 17.6. The van der Waals surface area contributed by atoms with Crippen molar-refractivity contribution in [2.24, 2.45) is 0 Å². The molecule has 6 heteroatoms. The molecule has 1 aliphatic rings. The molecule has 0 saturated heterocycles. The number of hydrogen-bond acceptors (Lipinski definition) is 2. The second kappa shape index (κ2) is 7.35. The third kappa shape index (κ3) is 3.62. The topological polar surface area (TPSA) is 42.0 Å². The number of aryl methyl sites for hydroxylation is 1. The van der Waals surface area contributed by atoms with Crippen molar-refractivity contribution >= 4 is 5.91 Å². The summed E-state index contributed by atoms with van der Waals surface area (Å²) in [7, 11) is 0. The van der Waals surface area contributed by atoms with Crippen LogP contribution in [0.3, 0.4) is 0 Å². The Balaban J connectivity index is 1.82. The van der Waals surface area contributed by atoms with E-state index in [1.165, 1.54) is 12.1 Å². The molecule has 148 valence electrons. The van der Waals surface area contributed by atoms with Crippen LogP contribution in [0, 0.1) is 0 Å². The average molecular weight is 396 g/mol. The fourth-order valence-corrected chi connectivity index (χ4v) is 3.96. The second-order valence-electron chi connectivity index (χ2n) is 7.17. The van der Waals surface area contributed by atoms with E-state index in [4.69, 9.17) is 0 Å². The third-order valence-electron chi connectivity index (χ3n) is 5.36. The number of fused-ring (bicyclic) bond motifs is 1. The molecular weight excluding hydrogens is 377 g/mol. The zero-order valence-electron chi connectivity index (χ0n) is 15.5. The highest BCUT2D eigenvalue weighted by molar-refractivity contribution is 5.95. The summed E-state index contributed by atoms with van der Waals surface area (Å²) in [5.41, 5.74) is 1.06. The molecule has 0 spiro atoms. The highest BCUT2D eigenvalue weighted by Gasteiger charge is 2.41. The number of aromatic nitrogens is 1. The van der Waals surface area contributed by atoms with Gasteiger partial charge in [0.25, 0.3) is 5.91 Å². The second-order valence-corrected chi connectivity index (χ2v) is 7.17. The van der Waals surface area contributed by atoms with Gasteiger partial charge in [0.2, 0.25) is 0 Å². The Bertz CT molecular complexity index is 1020. The van der Waals surface area contributed by atoms with E-state index < -0.39 is 17.3 Å². The monoisotopic (exact) mass is 396 g/mol. The molecule has 1 amide bonds. The summed E-state index contributed by atoms with van der Waals surface area (Å²) in [6.07, 6.45) is -0.609. The molecule has 1 aromatic heterocycles. The lowest BCUT2D eigenvalue weighted by atomic mass is 9.74. The Morgan fingerprint density at radius 2 is 1.69 bits per heavy atom. The van der Waals surface area contributed by atoms with Gasteiger partial charge in [-0.2, -0.15) is 13.2 Å². The highest BCUT2D eigenvalue weighted by atomic mass is 19.4. The van der Waals surface area contributed by atoms with Crippen molar-refractivity contribution in [3.8, 4) is 0 Å². The van der Waals surface area contributed by atoms with Crippen LogP contribution < -0.4 is 5.32 Å². The van der Waals surface area contributed by atoms with E-state index in [2.05, 4.69) is 10.3 Å². The molecule has 1 heterocycles. The molecule has 3 nitrogen and oxygen atoms in total. The van der Waals surface area contributed by atoms with Crippen LogP contribution in [0.4, 0.5) is 13.2 Å². The number of benzene rings is 2. The van der Waals surface area contributed by atoms with Crippen LogP contribution in [0.25, 0.3) is 0 Å². The van der Waals surface area contributed by atoms with Crippen LogP contribution in [-0.2, 0) is 18.1 Å². The molecule has 0 fully saturated rings. The van der Waals surface area contributed by atoms with Gasteiger partial charge in [0.1, 0.15) is 5.54 Å². The molecule has 0 saturated carbocycles. The van der Waals surface area contributed by atoms with Gasteiger partial charge in [0.05, 0.1) is 11.3 Å². The number of carbonyl (C=O) groups excluding carboxylic acids is 1. The zero-order valence-corrected chi connectivity index (χ0v) is 15.5. The van der Waals surface area contributed by atoms with Crippen molar-refractivity contribution in [3.05, 3.63) is 101 Å². The first-order valence-corrected chi connectivity index (χ1v) is 9.40. The number of nitrogens with one attached hydrogen (secondary N) is 1. The Hall–Kier alpha value is -3.15. The lowest BCUT2D eigenvalue weighted by Gasteiger charge is -2.39. The number of hydrogen-bond donors (Lipinski definition) is 1. The molecule has 0 bridgehead atoms. The Morgan fingerprint density at radius 1 is 0.966 bits per heavy atom. The van der Waals surface area contributed by atoms with Crippen LogP contribution in [0.2, 0.25) is 0 Å². The predicted octanol–water partition coefficient (Wildman–Crippen LogP) is 5.11. The minimum Gasteiger partial charge on any atom is -0.337 e. The lowest BCUT2D eigenvalue weighted by molar-refractivity contribution is -0.137. The van der Waals surface area contributed by atoms with E-state index in [0.717, 1.165) is 30.5 Å². The summed E-state index contributed by atoms with van der Waals surface area (Å²) in [4.78, 5) is 17.5. The number of halogens is 3. The predicted molar refractivity (Wildman–Crippen MR) is 103 cm³/mol. The number of nitrogens with zero attached hydrogens (tertiary/aromatic N) is 1. The quantitative estimate of drug-likeness (QED) is 0.668. The first-order chi connectivity index (χ1) is 13.9. The number of alkyl halides is 3. The van der Waals surface area contributed by atoms with Crippen molar-refractivity contribution in [2.75, 3.05) is 0 Å². The summed E-state index contributed by atoms with van der Waals surface area (Å²) < 4.78 is 39.1. The van der Waals surface area contributed by atoms with Crippen LogP contribution in [0.1, 0.15) is 45.6 Å². The van der Waals surface area contributed by atoms with Gasteiger partial charge in [0, 0.05) is 11.8 Å². The lowest BCUT2D eigenvalue weighted by Crippen LogP contribution is -2.49. The summed E-state index contributed by atoms with van der Waals surface area (Å²) in [6.45, 7) is 0. The Labute approximate surface area is 166 Å². The minimum absolute atomic E-state index is 0.288. The maximum atomic E-state index is 13.0. The normalized spacial score (nSPS) is 18.7. The summed E-state index contributed by atoms with van der Waals surface area (Å²) in [5.74, 6) is -0.288. The maximum absolute atomic E-state index is 13.0. The van der Waals surface area contributed by atoms with E-state index in [9.17, 15) is 18.0 Å². The van der Waals surface area contributed by atoms with E-state index in [1.807, 2.05) is 18.2 Å². The highest BCUT2D eigenvalue weighted by Crippen LogP contribution is 2.40. The van der Waals surface area contributed by atoms with E-state index in [0.29, 0.717) is 23.2 Å². The maximum Gasteiger partial charge on any atom is 0.416 e. The molecule has 29 heavy (non-hydrogen) atoms. The van der Waals surface area contributed by atoms with Gasteiger partial charge in [-0.1, -0.05) is 36.4 Å². The fourth-order valence-electron chi connectivity index (χ4n) is 3.96. The zero-order chi connectivity index (χ0) is 20.5. The van der Waals surface area contributed by atoms with Crippen molar-refractivity contribution in [2.45, 2.75) is 31.0 Å². The molecule has 4 rings (SSSR count). The minimum atomic E-state index is -4.41.